The first-order valence-corrected chi connectivity index (χ1v) is 5.65. The van der Waals surface area contributed by atoms with Crippen molar-refractivity contribution in [3.05, 3.63) is 23.3 Å². The molecule has 1 aliphatic carbocycles. The minimum atomic E-state index is -1.37. The molecule has 0 saturated carbocycles. The molecule has 0 aromatic heterocycles. The molecule has 0 aromatic rings. The van der Waals surface area contributed by atoms with Crippen LogP contribution in [-0.4, -0.2) is 22.5 Å². The fourth-order valence-electron chi connectivity index (χ4n) is 1.22. The number of ether oxygens (including phenoxy) is 1. The zero-order valence-corrected chi connectivity index (χ0v) is 11.0. The van der Waals surface area contributed by atoms with Crippen molar-refractivity contribution < 1.29 is 9.53 Å². The molecular weight excluding hydrogens is 249 g/mol. The number of rotatable bonds is 1. The van der Waals surface area contributed by atoms with Crippen molar-refractivity contribution in [2.45, 2.75) is 37.3 Å². The number of carbonyl (C=O) groups is 1. The van der Waals surface area contributed by atoms with Crippen LogP contribution in [0.5, 0.6) is 0 Å². The smallest absolute Gasteiger partial charge is 0.333 e. The van der Waals surface area contributed by atoms with E-state index in [0.717, 1.165) is 0 Å². The molecule has 0 bridgehead atoms. The molecule has 0 saturated heterocycles. The highest BCUT2D eigenvalue weighted by molar-refractivity contribution is 6.38. The molecule has 0 aromatic carbocycles. The van der Waals surface area contributed by atoms with Gasteiger partial charge in [-0.1, -0.05) is 23.2 Å². The Bertz CT molecular complexity index is 357. The molecule has 90 valence electrons. The van der Waals surface area contributed by atoms with E-state index >= 15 is 0 Å². The molecule has 3 nitrogen and oxygen atoms in total. The van der Waals surface area contributed by atoms with Gasteiger partial charge < -0.3 is 10.5 Å². The van der Waals surface area contributed by atoms with Crippen molar-refractivity contribution in [3.8, 4) is 0 Å². The van der Waals surface area contributed by atoms with E-state index in [1.807, 2.05) is 0 Å². The summed E-state index contributed by atoms with van der Waals surface area (Å²) in [6.07, 6.45) is 4.54. The van der Waals surface area contributed by atoms with Crippen LogP contribution in [0.2, 0.25) is 0 Å². The zero-order chi connectivity index (χ0) is 12.6. The Kier molecular flexibility index (Phi) is 3.72. The lowest BCUT2D eigenvalue weighted by molar-refractivity contribution is -0.157. The van der Waals surface area contributed by atoms with Gasteiger partial charge in [0, 0.05) is 5.03 Å². The SMILES string of the molecule is CC(C)(C)OC(=O)C1(Cl)C=CC(Cl)=CC1N. The summed E-state index contributed by atoms with van der Waals surface area (Å²) >= 11 is 11.9. The van der Waals surface area contributed by atoms with Crippen molar-refractivity contribution >= 4 is 29.2 Å². The highest BCUT2D eigenvalue weighted by Gasteiger charge is 2.43. The summed E-state index contributed by atoms with van der Waals surface area (Å²) < 4.78 is 5.21. The van der Waals surface area contributed by atoms with Crippen molar-refractivity contribution in [1.29, 1.82) is 0 Å². The van der Waals surface area contributed by atoms with Gasteiger partial charge in [0.05, 0.1) is 6.04 Å². The molecule has 0 heterocycles. The van der Waals surface area contributed by atoms with Crippen LogP contribution in [0.25, 0.3) is 0 Å². The molecule has 1 aliphatic rings. The van der Waals surface area contributed by atoms with Crippen LogP contribution >= 0.6 is 23.2 Å². The van der Waals surface area contributed by atoms with E-state index < -0.39 is 22.5 Å². The number of hydrogen-bond acceptors (Lipinski definition) is 3. The van der Waals surface area contributed by atoms with E-state index in [2.05, 4.69) is 0 Å². The number of alkyl halides is 1. The fourth-order valence-corrected chi connectivity index (χ4v) is 1.58. The molecule has 2 unspecified atom stereocenters. The van der Waals surface area contributed by atoms with Gasteiger partial charge in [-0.15, -0.1) is 0 Å². The third-order valence-corrected chi connectivity index (χ3v) is 2.80. The number of hydrogen-bond donors (Lipinski definition) is 1. The van der Waals surface area contributed by atoms with Crippen LogP contribution in [0.3, 0.4) is 0 Å². The number of halogens is 2. The molecule has 2 atom stereocenters. The summed E-state index contributed by atoms with van der Waals surface area (Å²) in [7, 11) is 0. The monoisotopic (exact) mass is 263 g/mol. The van der Waals surface area contributed by atoms with E-state index in [1.165, 1.54) is 12.2 Å². The standard InChI is InChI=1S/C11H15Cl2NO2/c1-10(2,3)16-9(15)11(13)5-4-7(12)6-8(11)14/h4-6,8H,14H2,1-3H3. The summed E-state index contributed by atoms with van der Waals surface area (Å²) in [5.74, 6) is -0.564. The summed E-state index contributed by atoms with van der Waals surface area (Å²) in [4.78, 5) is 10.5. The molecular formula is C11H15Cl2NO2. The van der Waals surface area contributed by atoms with E-state index in [0.29, 0.717) is 5.03 Å². The first-order chi connectivity index (χ1) is 7.15. The summed E-state index contributed by atoms with van der Waals surface area (Å²) in [6.45, 7) is 5.31. The number of esters is 1. The molecule has 0 amide bonds. The van der Waals surface area contributed by atoms with E-state index in [4.69, 9.17) is 33.7 Å². The van der Waals surface area contributed by atoms with E-state index in [-0.39, 0.29) is 0 Å². The molecule has 0 spiro atoms. The van der Waals surface area contributed by atoms with Gasteiger partial charge in [-0.25, -0.2) is 4.79 Å². The summed E-state index contributed by atoms with van der Waals surface area (Å²) in [5, 5.41) is 0.465. The van der Waals surface area contributed by atoms with Gasteiger partial charge in [0.1, 0.15) is 5.60 Å². The Morgan fingerprint density at radius 1 is 1.56 bits per heavy atom. The number of carbonyl (C=O) groups excluding carboxylic acids is 1. The van der Waals surface area contributed by atoms with Crippen LogP contribution in [0, 0.1) is 0 Å². The zero-order valence-electron chi connectivity index (χ0n) is 9.46. The molecule has 1 rings (SSSR count). The average molecular weight is 264 g/mol. The lowest BCUT2D eigenvalue weighted by atomic mass is 9.94. The Labute approximate surface area is 105 Å². The highest BCUT2D eigenvalue weighted by Crippen LogP contribution is 2.31. The average Bonchev–Trinajstić information content (AvgIpc) is 2.09. The van der Waals surface area contributed by atoms with Crippen LogP contribution in [0.1, 0.15) is 20.8 Å². The second-order valence-electron chi connectivity index (χ2n) is 4.68. The van der Waals surface area contributed by atoms with Gasteiger partial charge >= 0.3 is 5.97 Å². The molecule has 2 N–H and O–H groups in total. The molecule has 16 heavy (non-hydrogen) atoms. The quantitative estimate of drug-likeness (QED) is 0.584. The van der Waals surface area contributed by atoms with Crippen LogP contribution in [0.15, 0.2) is 23.3 Å². The minimum Gasteiger partial charge on any atom is -0.458 e. The highest BCUT2D eigenvalue weighted by atomic mass is 35.5. The topological polar surface area (TPSA) is 52.3 Å². The maximum absolute atomic E-state index is 11.9. The fraction of sp³-hybridized carbons (Fsp3) is 0.545. The Balaban J connectivity index is 2.88. The molecule has 0 aliphatic heterocycles. The predicted octanol–water partition coefficient (Wildman–Crippen LogP) is 2.33. The minimum absolute atomic E-state index is 0.465. The Morgan fingerprint density at radius 2 is 2.12 bits per heavy atom. The second kappa shape index (κ2) is 4.40. The van der Waals surface area contributed by atoms with E-state index in [9.17, 15) is 4.79 Å². The largest absolute Gasteiger partial charge is 0.458 e. The third-order valence-electron chi connectivity index (χ3n) is 2.02. The van der Waals surface area contributed by atoms with Gasteiger partial charge in [-0.3, -0.25) is 0 Å². The van der Waals surface area contributed by atoms with Crippen LogP contribution < -0.4 is 5.73 Å². The maximum atomic E-state index is 11.9. The molecule has 0 fully saturated rings. The van der Waals surface area contributed by atoms with E-state index in [1.54, 1.807) is 26.8 Å². The lowest BCUT2D eigenvalue weighted by Crippen LogP contribution is -2.50. The first-order valence-electron chi connectivity index (χ1n) is 4.90. The maximum Gasteiger partial charge on any atom is 0.333 e. The second-order valence-corrected chi connectivity index (χ2v) is 5.74. The summed E-state index contributed by atoms with van der Waals surface area (Å²) in [6, 6.07) is -0.693. The van der Waals surface area contributed by atoms with Gasteiger partial charge in [-0.2, -0.15) is 0 Å². The van der Waals surface area contributed by atoms with Crippen molar-refractivity contribution in [2.24, 2.45) is 5.73 Å². The normalized spacial score (nSPS) is 29.9. The predicted molar refractivity (Wildman–Crippen MR) is 65.5 cm³/mol. The van der Waals surface area contributed by atoms with Gasteiger partial charge in [0.25, 0.3) is 0 Å². The van der Waals surface area contributed by atoms with Gasteiger partial charge in [0.2, 0.25) is 0 Å². The van der Waals surface area contributed by atoms with Crippen molar-refractivity contribution in [1.82, 2.24) is 0 Å². The number of nitrogens with two attached hydrogens (primary N) is 1. The lowest BCUT2D eigenvalue weighted by Gasteiger charge is -2.31. The third kappa shape index (κ3) is 3.00. The number of allylic oxidation sites excluding steroid dienone is 2. The Hall–Kier alpha value is -0.510. The molecule has 5 heteroatoms. The van der Waals surface area contributed by atoms with Gasteiger partial charge in [0.15, 0.2) is 4.87 Å². The van der Waals surface area contributed by atoms with Crippen LogP contribution in [-0.2, 0) is 9.53 Å². The first kappa shape index (κ1) is 13.6. The van der Waals surface area contributed by atoms with Gasteiger partial charge in [-0.05, 0) is 39.0 Å². The Morgan fingerprint density at radius 3 is 2.56 bits per heavy atom. The van der Waals surface area contributed by atoms with Crippen molar-refractivity contribution in [3.63, 3.8) is 0 Å². The van der Waals surface area contributed by atoms with Crippen molar-refractivity contribution in [2.75, 3.05) is 0 Å². The summed E-state index contributed by atoms with van der Waals surface area (Å²) in [5.41, 5.74) is 5.18. The molecule has 0 radical (unpaired) electrons. The van der Waals surface area contributed by atoms with Crippen LogP contribution in [0.4, 0.5) is 0 Å².